The van der Waals surface area contributed by atoms with Gasteiger partial charge in [0.2, 0.25) is 0 Å². The van der Waals surface area contributed by atoms with Gasteiger partial charge in [0, 0.05) is 5.92 Å². The van der Waals surface area contributed by atoms with E-state index in [0.717, 1.165) is 17.2 Å². The lowest BCUT2D eigenvalue weighted by molar-refractivity contribution is -0.137. The Bertz CT molecular complexity index is 681. The lowest BCUT2D eigenvalue weighted by atomic mass is 9.92. The van der Waals surface area contributed by atoms with Crippen molar-refractivity contribution in [3.63, 3.8) is 0 Å². The van der Waals surface area contributed by atoms with Gasteiger partial charge >= 0.3 is 6.18 Å². The molecule has 2 atom stereocenters. The molecule has 1 aliphatic rings. The standard InChI is InChI=1S/C16H12ClF3O/c17-14-6-5-9(7-13(14)16(18,19)20)12-8-15(21)11-4-2-1-3-10(11)12/h1-7,12,15,21H,8H2/t12-,15-/m0/s1. The molecule has 0 spiro atoms. The van der Waals surface area contributed by atoms with E-state index < -0.39 is 17.8 Å². The van der Waals surface area contributed by atoms with Crippen LogP contribution in [-0.2, 0) is 6.18 Å². The van der Waals surface area contributed by atoms with Crippen LogP contribution < -0.4 is 0 Å². The number of aliphatic hydroxyl groups is 1. The zero-order valence-corrected chi connectivity index (χ0v) is 11.6. The fourth-order valence-corrected chi connectivity index (χ4v) is 3.13. The quantitative estimate of drug-likeness (QED) is 0.791. The van der Waals surface area contributed by atoms with Crippen molar-refractivity contribution in [2.75, 3.05) is 0 Å². The van der Waals surface area contributed by atoms with Crippen LogP contribution in [0.1, 0.15) is 40.7 Å². The van der Waals surface area contributed by atoms with E-state index in [9.17, 15) is 18.3 Å². The van der Waals surface area contributed by atoms with Gasteiger partial charge in [-0.05, 0) is 35.2 Å². The van der Waals surface area contributed by atoms with Gasteiger partial charge in [0.15, 0.2) is 0 Å². The van der Waals surface area contributed by atoms with Crippen LogP contribution >= 0.6 is 11.6 Å². The second-order valence-electron chi connectivity index (χ2n) is 5.17. The first-order valence-electron chi connectivity index (χ1n) is 6.51. The zero-order valence-electron chi connectivity index (χ0n) is 10.9. The first-order chi connectivity index (χ1) is 9.88. The summed E-state index contributed by atoms with van der Waals surface area (Å²) < 4.78 is 38.9. The summed E-state index contributed by atoms with van der Waals surface area (Å²) in [4.78, 5) is 0. The van der Waals surface area contributed by atoms with Crippen LogP contribution in [0.2, 0.25) is 5.02 Å². The smallest absolute Gasteiger partial charge is 0.388 e. The largest absolute Gasteiger partial charge is 0.417 e. The van der Waals surface area contributed by atoms with E-state index in [4.69, 9.17) is 11.6 Å². The van der Waals surface area contributed by atoms with Crippen molar-refractivity contribution in [2.45, 2.75) is 24.6 Å². The molecule has 0 aromatic heterocycles. The second kappa shape index (κ2) is 5.04. The van der Waals surface area contributed by atoms with Crippen LogP contribution in [0.3, 0.4) is 0 Å². The van der Waals surface area contributed by atoms with Crippen molar-refractivity contribution in [3.8, 4) is 0 Å². The number of aliphatic hydroxyl groups excluding tert-OH is 1. The van der Waals surface area contributed by atoms with Crippen LogP contribution in [0.25, 0.3) is 0 Å². The molecule has 0 radical (unpaired) electrons. The molecule has 0 saturated heterocycles. The van der Waals surface area contributed by atoms with Gasteiger partial charge in [-0.3, -0.25) is 0 Å². The van der Waals surface area contributed by atoms with Crippen LogP contribution in [0.5, 0.6) is 0 Å². The summed E-state index contributed by atoms with van der Waals surface area (Å²) in [6.07, 6.45) is -4.74. The van der Waals surface area contributed by atoms with E-state index in [1.54, 1.807) is 12.1 Å². The molecule has 21 heavy (non-hydrogen) atoms. The Morgan fingerprint density at radius 1 is 1.05 bits per heavy atom. The minimum Gasteiger partial charge on any atom is -0.388 e. The lowest BCUT2D eigenvalue weighted by Gasteiger charge is -2.16. The summed E-state index contributed by atoms with van der Waals surface area (Å²) in [6, 6.07) is 11.2. The van der Waals surface area contributed by atoms with Crippen LogP contribution in [0, 0.1) is 0 Å². The van der Waals surface area contributed by atoms with Gasteiger partial charge in [0.25, 0.3) is 0 Å². The Hall–Kier alpha value is -1.52. The van der Waals surface area contributed by atoms with Crippen molar-refractivity contribution in [1.29, 1.82) is 0 Å². The molecule has 1 aliphatic carbocycles. The molecular weight excluding hydrogens is 301 g/mol. The Balaban J connectivity index is 2.07. The Labute approximate surface area is 125 Å². The number of hydrogen-bond acceptors (Lipinski definition) is 1. The molecule has 2 aromatic carbocycles. The molecule has 110 valence electrons. The Morgan fingerprint density at radius 2 is 1.71 bits per heavy atom. The summed E-state index contributed by atoms with van der Waals surface area (Å²) >= 11 is 5.65. The molecular formula is C16H12ClF3O. The van der Waals surface area contributed by atoms with Crippen molar-refractivity contribution in [3.05, 3.63) is 69.7 Å². The van der Waals surface area contributed by atoms with E-state index >= 15 is 0 Å². The lowest BCUT2D eigenvalue weighted by Crippen LogP contribution is -2.08. The third kappa shape index (κ3) is 2.54. The van der Waals surface area contributed by atoms with Crippen molar-refractivity contribution < 1.29 is 18.3 Å². The number of benzene rings is 2. The van der Waals surface area contributed by atoms with Crippen molar-refractivity contribution >= 4 is 11.6 Å². The average molecular weight is 313 g/mol. The second-order valence-corrected chi connectivity index (χ2v) is 5.58. The predicted molar refractivity (Wildman–Crippen MR) is 74.3 cm³/mol. The SMILES string of the molecule is O[C@H]1C[C@@H](c2ccc(Cl)c(C(F)(F)F)c2)c2ccccc21. The molecule has 0 bridgehead atoms. The first kappa shape index (κ1) is 14.4. The van der Waals surface area contributed by atoms with Gasteiger partial charge in [-0.15, -0.1) is 0 Å². The van der Waals surface area contributed by atoms with E-state index in [1.807, 2.05) is 18.2 Å². The summed E-state index contributed by atoms with van der Waals surface area (Å²) in [6.45, 7) is 0. The molecule has 0 saturated carbocycles. The highest BCUT2D eigenvalue weighted by Gasteiger charge is 2.36. The summed E-state index contributed by atoms with van der Waals surface area (Å²) in [7, 11) is 0. The number of hydrogen-bond donors (Lipinski definition) is 1. The number of halogens is 4. The number of fused-ring (bicyclic) bond motifs is 1. The maximum absolute atomic E-state index is 13.0. The summed E-state index contributed by atoms with van der Waals surface area (Å²) in [5.41, 5.74) is 1.35. The molecule has 1 nitrogen and oxygen atoms in total. The van der Waals surface area contributed by atoms with E-state index in [1.165, 1.54) is 6.07 Å². The predicted octanol–water partition coefficient (Wildman–Crippen LogP) is 4.93. The molecule has 3 rings (SSSR count). The highest BCUT2D eigenvalue weighted by atomic mass is 35.5. The normalized spacial score (nSPS) is 21.4. The van der Waals surface area contributed by atoms with Crippen LogP contribution in [-0.4, -0.2) is 5.11 Å². The fourth-order valence-electron chi connectivity index (χ4n) is 2.90. The Morgan fingerprint density at radius 3 is 2.38 bits per heavy atom. The molecule has 2 aromatic rings. The number of alkyl halides is 3. The van der Waals surface area contributed by atoms with Crippen molar-refractivity contribution in [1.82, 2.24) is 0 Å². The molecule has 0 heterocycles. The third-order valence-corrected chi connectivity index (χ3v) is 4.22. The van der Waals surface area contributed by atoms with Gasteiger partial charge in [-0.2, -0.15) is 13.2 Å². The minimum atomic E-state index is -4.48. The highest BCUT2D eigenvalue weighted by Crippen LogP contribution is 2.45. The molecule has 5 heteroatoms. The van der Waals surface area contributed by atoms with Gasteiger partial charge in [0.1, 0.15) is 0 Å². The van der Waals surface area contributed by atoms with Crippen LogP contribution in [0.4, 0.5) is 13.2 Å². The monoisotopic (exact) mass is 312 g/mol. The average Bonchev–Trinajstić information content (AvgIpc) is 2.76. The Kier molecular flexibility index (Phi) is 3.46. The fraction of sp³-hybridized carbons (Fsp3) is 0.250. The summed E-state index contributed by atoms with van der Waals surface area (Å²) in [5, 5.41) is 9.74. The topological polar surface area (TPSA) is 20.2 Å². The summed E-state index contributed by atoms with van der Waals surface area (Å²) in [5.74, 6) is -0.241. The van der Waals surface area contributed by atoms with E-state index in [-0.39, 0.29) is 10.9 Å². The highest BCUT2D eigenvalue weighted by molar-refractivity contribution is 6.31. The van der Waals surface area contributed by atoms with Gasteiger partial charge in [-0.25, -0.2) is 0 Å². The third-order valence-electron chi connectivity index (χ3n) is 3.89. The maximum atomic E-state index is 13.0. The first-order valence-corrected chi connectivity index (χ1v) is 6.89. The van der Waals surface area contributed by atoms with Crippen LogP contribution in [0.15, 0.2) is 42.5 Å². The van der Waals surface area contributed by atoms with E-state index in [0.29, 0.717) is 12.0 Å². The molecule has 0 unspecified atom stereocenters. The van der Waals surface area contributed by atoms with Gasteiger partial charge in [0.05, 0.1) is 16.7 Å². The molecule has 0 amide bonds. The number of rotatable bonds is 1. The minimum absolute atomic E-state index is 0.241. The maximum Gasteiger partial charge on any atom is 0.417 e. The molecule has 0 aliphatic heterocycles. The van der Waals surface area contributed by atoms with Gasteiger partial charge in [-0.1, -0.05) is 41.9 Å². The van der Waals surface area contributed by atoms with E-state index in [2.05, 4.69) is 0 Å². The van der Waals surface area contributed by atoms with Crippen molar-refractivity contribution in [2.24, 2.45) is 0 Å². The van der Waals surface area contributed by atoms with Gasteiger partial charge < -0.3 is 5.11 Å². The molecule has 0 fully saturated rings. The zero-order chi connectivity index (χ0) is 15.2. The molecule has 1 N–H and O–H groups in total.